The Morgan fingerprint density at radius 1 is 0.968 bits per heavy atom. The van der Waals surface area contributed by atoms with E-state index >= 15 is 0 Å². The number of carbonyl (C=O) groups is 2. The number of unbranched alkanes of at least 4 members (excludes halogenated alkanes) is 2. The second kappa shape index (κ2) is 12.3. The lowest BCUT2D eigenvalue weighted by Crippen LogP contribution is -2.43. The number of hydrogen-bond donors (Lipinski definition) is 0. The van der Waals surface area contributed by atoms with Gasteiger partial charge in [0.05, 0.1) is 13.1 Å². The summed E-state index contributed by atoms with van der Waals surface area (Å²) in [5.74, 6) is 1.27. The van der Waals surface area contributed by atoms with Crippen LogP contribution in [0.4, 0.5) is 4.39 Å². The normalized spacial score (nSPS) is 11.0. The highest BCUT2D eigenvalue weighted by atomic mass is 19.1. The Balaban J connectivity index is 2.15. The minimum atomic E-state index is -0.316. The van der Waals surface area contributed by atoms with Gasteiger partial charge in [0.25, 0.3) is 0 Å². The minimum absolute atomic E-state index is 0.0195. The molecule has 5 nitrogen and oxygen atoms in total. The van der Waals surface area contributed by atoms with Crippen LogP contribution in [-0.2, 0) is 22.7 Å². The van der Waals surface area contributed by atoms with Gasteiger partial charge in [-0.05, 0) is 49.1 Å². The average Bonchev–Trinajstić information content (AvgIpc) is 3.13. The highest BCUT2D eigenvalue weighted by molar-refractivity contribution is 5.84. The van der Waals surface area contributed by atoms with Crippen molar-refractivity contribution in [3.63, 3.8) is 0 Å². The number of nitrogens with zero attached hydrogens (tertiary/aromatic N) is 2. The van der Waals surface area contributed by atoms with Gasteiger partial charge in [-0.25, -0.2) is 4.39 Å². The summed E-state index contributed by atoms with van der Waals surface area (Å²) >= 11 is 0. The van der Waals surface area contributed by atoms with Crippen molar-refractivity contribution in [2.75, 3.05) is 13.1 Å². The zero-order chi connectivity index (χ0) is 22.8. The Kier molecular flexibility index (Phi) is 9.76. The Morgan fingerprint density at radius 3 is 2.26 bits per heavy atom. The zero-order valence-electron chi connectivity index (χ0n) is 19.2. The maximum atomic E-state index is 13.3. The zero-order valence-corrected chi connectivity index (χ0v) is 19.2. The monoisotopic (exact) mass is 430 g/mol. The maximum Gasteiger partial charge on any atom is 0.242 e. The van der Waals surface area contributed by atoms with Crippen molar-refractivity contribution < 1.29 is 18.4 Å². The van der Waals surface area contributed by atoms with Crippen LogP contribution in [0.3, 0.4) is 0 Å². The number of furan rings is 1. The molecule has 0 atom stereocenters. The van der Waals surface area contributed by atoms with Crippen LogP contribution in [0, 0.1) is 18.7 Å². The summed E-state index contributed by atoms with van der Waals surface area (Å²) in [6.45, 7) is 9.23. The van der Waals surface area contributed by atoms with Crippen molar-refractivity contribution >= 4 is 11.8 Å². The standard InChI is InChI=1S/C25H35FN2O3/c1-5-6-7-8-24(29)27(15-19(2)3)18-25(30)28(17-23-14-9-20(4)31-23)16-21-10-12-22(26)13-11-21/h9-14,19H,5-8,15-18H2,1-4H3. The maximum absolute atomic E-state index is 13.3. The molecule has 0 saturated carbocycles. The summed E-state index contributed by atoms with van der Waals surface area (Å²) in [5, 5.41) is 0. The fraction of sp³-hybridized carbons (Fsp3) is 0.520. The number of benzene rings is 1. The van der Waals surface area contributed by atoms with Crippen molar-refractivity contribution in [3.05, 3.63) is 59.3 Å². The van der Waals surface area contributed by atoms with Crippen LogP contribution in [0.1, 0.15) is 63.5 Å². The first-order valence-corrected chi connectivity index (χ1v) is 11.1. The van der Waals surface area contributed by atoms with Crippen molar-refractivity contribution in [2.24, 2.45) is 5.92 Å². The van der Waals surface area contributed by atoms with Crippen molar-refractivity contribution in [2.45, 2.75) is 66.5 Å². The number of hydrogen-bond acceptors (Lipinski definition) is 3. The summed E-state index contributed by atoms with van der Waals surface area (Å²) in [6, 6.07) is 9.82. The van der Waals surface area contributed by atoms with E-state index in [0.29, 0.717) is 31.8 Å². The predicted octanol–water partition coefficient (Wildman–Crippen LogP) is 5.32. The van der Waals surface area contributed by atoms with Crippen LogP contribution in [0.5, 0.6) is 0 Å². The van der Waals surface area contributed by atoms with Gasteiger partial charge >= 0.3 is 0 Å². The molecule has 1 heterocycles. The van der Waals surface area contributed by atoms with Crippen molar-refractivity contribution in [1.29, 1.82) is 0 Å². The molecule has 2 amide bonds. The average molecular weight is 431 g/mol. The molecule has 0 aliphatic carbocycles. The fourth-order valence-electron chi connectivity index (χ4n) is 3.44. The van der Waals surface area contributed by atoms with Gasteiger partial charge in [0, 0.05) is 19.5 Å². The summed E-state index contributed by atoms with van der Waals surface area (Å²) in [4.78, 5) is 29.4. The molecule has 31 heavy (non-hydrogen) atoms. The number of amides is 2. The van der Waals surface area contributed by atoms with Gasteiger partial charge in [0.15, 0.2) is 0 Å². The smallest absolute Gasteiger partial charge is 0.242 e. The Morgan fingerprint density at radius 2 is 1.68 bits per heavy atom. The van der Waals surface area contributed by atoms with E-state index in [-0.39, 0.29) is 30.1 Å². The van der Waals surface area contributed by atoms with E-state index in [9.17, 15) is 14.0 Å². The first-order chi connectivity index (χ1) is 14.8. The van der Waals surface area contributed by atoms with Crippen LogP contribution in [0.25, 0.3) is 0 Å². The van der Waals surface area contributed by atoms with Gasteiger partial charge in [-0.3, -0.25) is 9.59 Å². The predicted molar refractivity (Wildman–Crippen MR) is 120 cm³/mol. The van der Waals surface area contributed by atoms with Gasteiger partial charge in [-0.1, -0.05) is 45.7 Å². The minimum Gasteiger partial charge on any atom is -0.464 e. The Labute approximate surface area is 185 Å². The molecular formula is C25H35FN2O3. The molecule has 2 aromatic rings. The first-order valence-electron chi connectivity index (χ1n) is 11.1. The molecule has 1 aromatic carbocycles. The van der Waals surface area contributed by atoms with E-state index in [1.165, 1.54) is 12.1 Å². The van der Waals surface area contributed by atoms with Crippen LogP contribution < -0.4 is 0 Å². The lowest BCUT2D eigenvalue weighted by atomic mass is 10.1. The Hall–Kier alpha value is -2.63. The van der Waals surface area contributed by atoms with E-state index in [4.69, 9.17) is 4.42 Å². The van der Waals surface area contributed by atoms with Gasteiger partial charge in [-0.15, -0.1) is 0 Å². The molecule has 0 radical (unpaired) electrons. The van der Waals surface area contributed by atoms with Crippen LogP contribution >= 0.6 is 0 Å². The quantitative estimate of drug-likeness (QED) is 0.428. The third kappa shape index (κ3) is 8.56. The van der Waals surface area contributed by atoms with E-state index in [0.717, 1.165) is 30.6 Å². The molecule has 0 aliphatic rings. The molecule has 1 aromatic heterocycles. The van der Waals surface area contributed by atoms with E-state index in [1.807, 2.05) is 32.9 Å². The largest absolute Gasteiger partial charge is 0.464 e. The van der Waals surface area contributed by atoms with Crippen molar-refractivity contribution in [3.8, 4) is 0 Å². The summed E-state index contributed by atoms with van der Waals surface area (Å²) in [6.07, 6.45) is 3.35. The third-order valence-corrected chi connectivity index (χ3v) is 5.04. The third-order valence-electron chi connectivity index (χ3n) is 5.04. The van der Waals surface area contributed by atoms with Gasteiger partial charge in [0.2, 0.25) is 11.8 Å². The van der Waals surface area contributed by atoms with E-state index in [2.05, 4.69) is 6.92 Å². The SMILES string of the molecule is CCCCCC(=O)N(CC(=O)N(Cc1ccc(F)cc1)Cc1ccc(C)o1)CC(C)C. The number of carbonyl (C=O) groups excluding carboxylic acids is 2. The molecule has 0 fully saturated rings. The fourth-order valence-corrected chi connectivity index (χ4v) is 3.44. The van der Waals surface area contributed by atoms with Gasteiger partial charge in [0.1, 0.15) is 17.3 Å². The molecule has 6 heteroatoms. The lowest BCUT2D eigenvalue weighted by Gasteiger charge is -2.28. The highest BCUT2D eigenvalue weighted by Gasteiger charge is 2.23. The highest BCUT2D eigenvalue weighted by Crippen LogP contribution is 2.15. The second-order valence-corrected chi connectivity index (χ2v) is 8.51. The molecular weight excluding hydrogens is 395 g/mol. The second-order valence-electron chi connectivity index (χ2n) is 8.51. The Bertz CT molecular complexity index is 830. The van der Waals surface area contributed by atoms with Crippen molar-refractivity contribution in [1.82, 2.24) is 9.80 Å². The molecule has 0 saturated heterocycles. The summed E-state index contributed by atoms with van der Waals surface area (Å²) < 4.78 is 19.0. The van der Waals surface area contributed by atoms with Gasteiger partial charge in [-0.2, -0.15) is 0 Å². The number of halogens is 1. The number of rotatable bonds is 12. The first kappa shape index (κ1) is 24.6. The number of aryl methyl sites for hydroxylation is 1. The molecule has 2 rings (SSSR count). The summed E-state index contributed by atoms with van der Waals surface area (Å²) in [7, 11) is 0. The molecule has 0 spiro atoms. The van der Waals surface area contributed by atoms with E-state index in [1.54, 1.807) is 21.9 Å². The molecule has 0 aliphatic heterocycles. The van der Waals surface area contributed by atoms with Crippen LogP contribution in [0.15, 0.2) is 40.8 Å². The molecule has 0 unspecified atom stereocenters. The van der Waals surface area contributed by atoms with Gasteiger partial charge < -0.3 is 14.2 Å². The molecule has 0 bridgehead atoms. The summed E-state index contributed by atoms with van der Waals surface area (Å²) in [5.41, 5.74) is 0.822. The van der Waals surface area contributed by atoms with E-state index < -0.39 is 0 Å². The van der Waals surface area contributed by atoms with Crippen LogP contribution in [-0.4, -0.2) is 34.7 Å². The van der Waals surface area contributed by atoms with Crippen LogP contribution in [0.2, 0.25) is 0 Å². The lowest BCUT2D eigenvalue weighted by molar-refractivity contribution is -0.141. The molecule has 0 N–H and O–H groups in total. The topological polar surface area (TPSA) is 53.8 Å². The molecule has 170 valence electrons.